The van der Waals surface area contributed by atoms with Gasteiger partial charge in [0.05, 0.1) is 6.54 Å². The highest BCUT2D eigenvalue weighted by molar-refractivity contribution is 7.09. The number of hydrogen-bond donors (Lipinski definition) is 2. The highest BCUT2D eigenvalue weighted by Gasteiger charge is 2.24. The number of rotatable bonds is 7. The van der Waals surface area contributed by atoms with E-state index in [2.05, 4.69) is 25.8 Å². The van der Waals surface area contributed by atoms with Gasteiger partial charge in [0.2, 0.25) is 5.91 Å². The van der Waals surface area contributed by atoms with E-state index in [1.165, 1.54) is 22.2 Å². The van der Waals surface area contributed by atoms with Gasteiger partial charge in [0.15, 0.2) is 5.69 Å². The third-order valence-electron chi connectivity index (χ3n) is 3.78. The maximum atomic E-state index is 13.1. The lowest BCUT2D eigenvalue weighted by Gasteiger charge is -2.17. The van der Waals surface area contributed by atoms with Crippen LogP contribution in [0.15, 0.2) is 29.6 Å². The smallest absolute Gasteiger partial charge is 0.355 e. The Morgan fingerprint density at radius 1 is 1.33 bits per heavy atom. The predicted molar refractivity (Wildman–Crippen MR) is 92.6 cm³/mol. The first-order valence-electron chi connectivity index (χ1n) is 7.88. The molecule has 1 atom stereocenters. The number of carboxylic acids is 1. The SMILES string of the molecule is Cc1nnnn1C(Cc1ccc(F)cc1)C(=O)NCc1nc(C(=O)O)cs1. The summed E-state index contributed by atoms with van der Waals surface area (Å²) < 4.78 is 14.5. The van der Waals surface area contributed by atoms with E-state index >= 15 is 0 Å². The number of hydrogen-bond acceptors (Lipinski definition) is 7. The third-order valence-corrected chi connectivity index (χ3v) is 4.63. The molecule has 0 saturated heterocycles. The number of aryl methyl sites for hydroxylation is 1. The van der Waals surface area contributed by atoms with E-state index in [0.717, 1.165) is 16.9 Å². The molecular formula is C16H15FN6O3S. The van der Waals surface area contributed by atoms with E-state index in [0.29, 0.717) is 10.8 Å². The Labute approximate surface area is 156 Å². The number of benzene rings is 1. The molecule has 0 saturated carbocycles. The van der Waals surface area contributed by atoms with Crippen LogP contribution in [0, 0.1) is 12.7 Å². The fourth-order valence-corrected chi connectivity index (χ4v) is 3.14. The number of carbonyl (C=O) groups is 2. The lowest BCUT2D eigenvalue weighted by molar-refractivity contribution is -0.124. The number of tetrazole rings is 1. The molecule has 27 heavy (non-hydrogen) atoms. The van der Waals surface area contributed by atoms with Gasteiger partial charge in [-0.3, -0.25) is 4.79 Å². The molecular weight excluding hydrogens is 375 g/mol. The van der Waals surface area contributed by atoms with Gasteiger partial charge < -0.3 is 10.4 Å². The standard InChI is InChI=1S/C16H15FN6O3S/c1-9-20-21-22-23(9)13(6-10-2-4-11(17)5-3-10)15(24)18-7-14-19-12(8-27-14)16(25)26/h2-5,8,13H,6-7H2,1H3,(H,18,24)(H,25,26). The molecule has 2 heterocycles. The first-order chi connectivity index (χ1) is 12.9. The molecule has 0 radical (unpaired) electrons. The second-order valence-corrected chi connectivity index (χ2v) is 6.61. The van der Waals surface area contributed by atoms with Crippen LogP contribution in [0.2, 0.25) is 0 Å². The molecule has 0 aliphatic carbocycles. The summed E-state index contributed by atoms with van der Waals surface area (Å²) in [6, 6.07) is 5.08. The summed E-state index contributed by atoms with van der Waals surface area (Å²) >= 11 is 1.14. The van der Waals surface area contributed by atoms with Crippen molar-refractivity contribution in [1.29, 1.82) is 0 Å². The fourth-order valence-electron chi connectivity index (χ4n) is 2.43. The van der Waals surface area contributed by atoms with Gasteiger partial charge in [-0.1, -0.05) is 12.1 Å². The molecule has 3 aromatic rings. The number of carbonyl (C=O) groups excluding carboxylic acids is 1. The van der Waals surface area contributed by atoms with Gasteiger partial charge in [-0.25, -0.2) is 18.9 Å². The quantitative estimate of drug-likeness (QED) is 0.625. The fraction of sp³-hybridized carbons (Fsp3) is 0.250. The highest BCUT2D eigenvalue weighted by Crippen LogP contribution is 2.16. The average molecular weight is 390 g/mol. The van der Waals surface area contributed by atoms with Crippen molar-refractivity contribution in [3.8, 4) is 0 Å². The zero-order chi connectivity index (χ0) is 19.4. The van der Waals surface area contributed by atoms with Crippen molar-refractivity contribution in [2.45, 2.75) is 25.9 Å². The van der Waals surface area contributed by atoms with Crippen LogP contribution >= 0.6 is 11.3 Å². The Morgan fingerprint density at radius 2 is 2.07 bits per heavy atom. The minimum absolute atomic E-state index is 0.0663. The van der Waals surface area contributed by atoms with Crippen molar-refractivity contribution in [2.75, 3.05) is 0 Å². The van der Waals surface area contributed by atoms with Crippen LogP contribution in [0.1, 0.15) is 32.9 Å². The Hall–Kier alpha value is -3.21. The number of halogens is 1. The number of nitrogens with one attached hydrogen (secondary N) is 1. The van der Waals surface area contributed by atoms with Crippen molar-refractivity contribution < 1.29 is 19.1 Å². The number of aromatic carboxylic acids is 1. The molecule has 0 bridgehead atoms. The number of nitrogens with zero attached hydrogens (tertiary/aromatic N) is 5. The second-order valence-electron chi connectivity index (χ2n) is 5.67. The molecule has 3 rings (SSSR count). The molecule has 1 aromatic carbocycles. The summed E-state index contributed by atoms with van der Waals surface area (Å²) in [7, 11) is 0. The Balaban J connectivity index is 1.75. The maximum absolute atomic E-state index is 13.1. The van der Waals surface area contributed by atoms with Gasteiger partial charge in [0, 0.05) is 11.8 Å². The van der Waals surface area contributed by atoms with Crippen LogP contribution in [0.25, 0.3) is 0 Å². The van der Waals surface area contributed by atoms with Crippen LogP contribution < -0.4 is 5.32 Å². The van der Waals surface area contributed by atoms with Gasteiger partial charge in [0.1, 0.15) is 22.7 Å². The monoisotopic (exact) mass is 390 g/mol. The van der Waals surface area contributed by atoms with Crippen LogP contribution in [0.5, 0.6) is 0 Å². The number of carboxylic acid groups (broad SMARTS) is 1. The predicted octanol–water partition coefficient (Wildman–Crippen LogP) is 1.38. The zero-order valence-corrected chi connectivity index (χ0v) is 15.0. The van der Waals surface area contributed by atoms with Crippen LogP contribution in [0.4, 0.5) is 4.39 Å². The molecule has 0 fully saturated rings. The minimum atomic E-state index is -1.12. The average Bonchev–Trinajstić information content (AvgIpc) is 3.28. The topological polar surface area (TPSA) is 123 Å². The van der Waals surface area contributed by atoms with Gasteiger partial charge in [-0.2, -0.15) is 0 Å². The van der Waals surface area contributed by atoms with E-state index in [9.17, 15) is 14.0 Å². The van der Waals surface area contributed by atoms with E-state index < -0.39 is 12.0 Å². The summed E-state index contributed by atoms with van der Waals surface area (Å²) in [5.74, 6) is -1.39. The molecule has 2 N–H and O–H groups in total. The van der Waals surface area contributed by atoms with Crippen molar-refractivity contribution in [3.05, 3.63) is 57.6 Å². The normalized spacial score (nSPS) is 11.9. The van der Waals surface area contributed by atoms with Crippen LogP contribution in [-0.2, 0) is 17.8 Å². The molecule has 0 spiro atoms. The molecule has 11 heteroatoms. The van der Waals surface area contributed by atoms with Crippen molar-refractivity contribution in [1.82, 2.24) is 30.5 Å². The number of amides is 1. The minimum Gasteiger partial charge on any atom is -0.476 e. The van der Waals surface area contributed by atoms with Gasteiger partial charge in [0.25, 0.3) is 0 Å². The number of aromatic nitrogens is 5. The van der Waals surface area contributed by atoms with E-state index in [1.807, 2.05) is 0 Å². The van der Waals surface area contributed by atoms with Crippen LogP contribution in [-0.4, -0.2) is 42.2 Å². The largest absolute Gasteiger partial charge is 0.476 e. The summed E-state index contributed by atoms with van der Waals surface area (Å²) in [6.45, 7) is 1.75. The van der Waals surface area contributed by atoms with Gasteiger partial charge in [-0.05, 0) is 35.0 Å². The van der Waals surface area contributed by atoms with Crippen molar-refractivity contribution in [2.24, 2.45) is 0 Å². The Morgan fingerprint density at radius 3 is 2.67 bits per heavy atom. The van der Waals surface area contributed by atoms with Crippen molar-refractivity contribution in [3.63, 3.8) is 0 Å². The van der Waals surface area contributed by atoms with Gasteiger partial charge in [-0.15, -0.1) is 16.4 Å². The highest BCUT2D eigenvalue weighted by atomic mass is 32.1. The summed E-state index contributed by atoms with van der Waals surface area (Å²) in [4.78, 5) is 27.6. The first kappa shape index (κ1) is 18.6. The summed E-state index contributed by atoms with van der Waals surface area (Å²) in [6.07, 6.45) is 0.260. The molecule has 0 aliphatic rings. The van der Waals surface area contributed by atoms with E-state index in [-0.39, 0.29) is 30.4 Å². The molecule has 9 nitrogen and oxygen atoms in total. The molecule has 140 valence electrons. The summed E-state index contributed by atoms with van der Waals surface area (Å²) in [5.41, 5.74) is 0.678. The second kappa shape index (κ2) is 7.99. The maximum Gasteiger partial charge on any atom is 0.355 e. The summed E-state index contributed by atoms with van der Waals surface area (Å²) in [5, 5.41) is 24.7. The third kappa shape index (κ3) is 4.50. The molecule has 1 unspecified atom stereocenters. The first-order valence-corrected chi connectivity index (χ1v) is 8.76. The molecule has 0 aliphatic heterocycles. The Bertz CT molecular complexity index is 955. The lowest BCUT2D eigenvalue weighted by Crippen LogP contribution is -2.34. The lowest BCUT2D eigenvalue weighted by atomic mass is 10.1. The molecule has 1 amide bonds. The van der Waals surface area contributed by atoms with Crippen LogP contribution in [0.3, 0.4) is 0 Å². The molecule has 2 aromatic heterocycles. The zero-order valence-electron chi connectivity index (χ0n) is 14.2. The van der Waals surface area contributed by atoms with Gasteiger partial charge >= 0.3 is 5.97 Å². The Kier molecular flexibility index (Phi) is 5.50. The van der Waals surface area contributed by atoms with E-state index in [4.69, 9.17) is 5.11 Å². The number of thiazole rings is 1. The van der Waals surface area contributed by atoms with Crippen molar-refractivity contribution >= 4 is 23.2 Å². The van der Waals surface area contributed by atoms with E-state index in [1.54, 1.807) is 19.1 Å².